The quantitative estimate of drug-likeness (QED) is 0.432. The number of rotatable bonds is 7. The van der Waals surface area contributed by atoms with Crippen LogP contribution in [0.25, 0.3) is 0 Å². The summed E-state index contributed by atoms with van der Waals surface area (Å²) >= 11 is 6.49. The van der Waals surface area contributed by atoms with E-state index in [0.717, 1.165) is 11.1 Å². The number of hydrogen-bond acceptors (Lipinski definition) is 5. The van der Waals surface area contributed by atoms with Crippen LogP contribution in [0.2, 0.25) is 5.02 Å². The highest BCUT2D eigenvalue weighted by atomic mass is 35.5. The van der Waals surface area contributed by atoms with E-state index in [0.29, 0.717) is 47.8 Å². The maximum Gasteiger partial charge on any atom is 0.389 e. The van der Waals surface area contributed by atoms with Crippen LogP contribution in [0, 0.1) is 25.7 Å². The van der Waals surface area contributed by atoms with Crippen LogP contribution in [-0.2, 0) is 21.2 Å². The number of carbonyl (C=O) groups excluding carboxylic acids is 2. The monoisotopic (exact) mass is 635 g/mol. The first-order chi connectivity index (χ1) is 19.0. The van der Waals surface area contributed by atoms with Crippen molar-refractivity contribution in [2.75, 3.05) is 30.8 Å². The Balaban J connectivity index is 0.00000484. The molecule has 0 bridgehead atoms. The van der Waals surface area contributed by atoms with Crippen molar-refractivity contribution in [3.8, 4) is 0 Å². The van der Waals surface area contributed by atoms with Crippen LogP contribution in [0.1, 0.15) is 69.1 Å². The molecule has 1 saturated carbocycles. The van der Waals surface area contributed by atoms with Crippen LogP contribution in [0.3, 0.4) is 0 Å². The molecule has 1 aliphatic carbocycles. The van der Waals surface area contributed by atoms with Crippen LogP contribution in [0.5, 0.6) is 0 Å². The van der Waals surface area contributed by atoms with Crippen molar-refractivity contribution in [2.24, 2.45) is 22.6 Å². The van der Waals surface area contributed by atoms with Gasteiger partial charge < -0.3 is 11.1 Å². The predicted octanol–water partition coefficient (Wildman–Crippen LogP) is 5.10. The Kier molecular flexibility index (Phi) is 10.3. The molecule has 3 amide bonds. The minimum atomic E-state index is -4.17. The fourth-order valence-corrected chi connectivity index (χ4v) is 8.01. The summed E-state index contributed by atoms with van der Waals surface area (Å²) in [5.41, 5.74) is 7.04. The van der Waals surface area contributed by atoms with Gasteiger partial charge in [0.2, 0.25) is 10.0 Å². The molecule has 0 aromatic heterocycles. The molecule has 2 heterocycles. The van der Waals surface area contributed by atoms with Crippen molar-refractivity contribution in [1.29, 1.82) is 0 Å². The number of carbonyl (C=O) groups is 2. The minimum Gasteiger partial charge on any atom is -0.351 e. The highest BCUT2D eigenvalue weighted by Crippen LogP contribution is 2.39. The van der Waals surface area contributed by atoms with Crippen molar-refractivity contribution in [3.05, 3.63) is 27.8 Å². The van der Waals surface area contributed by atoms with Crippen molar-refractivity contribution in [2.45, 2.75) is 84.4 Å². The van der Waals surface area contributed by atoms with E-state index in [1.54, 1.807) is 13.0 Å². The number of benzene rings is 1. The van der Waals surface area contributed by atoms with Crippen LogP contribution in [0.4, 0.5) is 23.7 Å². The van der Waals surface area contributed by atoms with E-state index < -0.39 is 40.1 Å². The number of anilines is 1. The Labute approximate surface area is 251 Å². The number of amides is 3. The van der Waals surface area contributed by atoms with Gasteiger partial charge in [0.05, 0.1) is 16.5 Å². The van der Waals surface area contributed by atoms with Gasteiger partial charge in [-0.1, -0.05) is 19.0 Å². The van der Waals surface area contributed by atoms with E-state index in [1.165, 1.54) is 16.3 Å². The van der Waals surface area contributed by atoms with Gasteiger partial charge in [-0.2, -0.15) is 13.2 Å². The summed E-state index contributed by atoms with van der Waals surface area (Å²) in [6.07, 6.45) is -2.30. The lowest BCUT2D eigenvalue weighted by atomic mass is 9.80. The van der Waals surface area contributed by atoms with Crippen LogP contribution < -0.4 is 16.0 Å². The lowest BCUT2D eigenvalue weighted by Gasteiger charge is -2.35. The van der Waals surface area contributed by atoms with E-state index in [9.17, 15) is 31.2 Å². The molecule has 1 spiro atoms. The molecule has 9 nitrogen and oxygen atoms in total. The first kappa shape index (κ1) is 34.1. The third-order valence-corrected chi connectivity index (χ3v) is 11.2. The normalized spacial score (nSPS) is 22.8. The first-order valence-electron chi connectivity index (χ1n) is 13.8. The number of aryl methyl sites for hydroxylation is 1. The molecule has 14 heteroatoms. The number of alkyl halides is 3. The largest absolute Gasteiger partial charge is 0.389 e. The zero-order chi connectivity index (χ0) is 30.3. The summed E-state index contributed by atoms with van der Waals surface area (Å²) in [5.74, 6) is -0.361. The second-order valence-electron chi connectivity index (χ2n) is 11.5. The number of halogens is 4. The molecule has 236 valence electrons. The van der Waals surface area contributed by atoms with Crippen LogP contribution in [-0.4, -0.2) is 68.1 Å². The number of urea groups is 1. The van der Waals surface area contributed by atoms with Crippen molar-refractivity contribution >= 4 is 45.1 Å². The third kappa shape index (κ3) is 7.21. The first-order valence-corrected chi connectivity index (χ1v) is 15.8. The highest BCUT2D eigenvalue weighted by Gasteiger charge is 2.48. The molecule has 42 heavy (non-hydrogen) atoms. The Morgan fingerprint density at radius 3 is 2.36 bits per heavy atom. The van der Waals surface area contributed by atoms with E-state index in [1.807, 2.05) is 6.92 Å². The average Bonchev–Trinajstić information content (AvgIpc) is 3.20. The molecule has 2 aliphatic heterocycles. The molecular formula is C28H41ClF3N5O4S. The Hall–Kier alpha value is -2.38. The molecule has 2 fully saturated rings. The zero-order valence-corrected chi connectivity index (χ0v) is 25.1. The van der Waals surface area contributed by atoms with Crippen molar-refractivity contribution < 1.29 is 31.2 Å². The van der Waals surface area contributed by atoms with Gasteiger partial charge in [0.15, 0.2) is 0 Å². The lowest BCUT2D eigenvalue weighted by Crippen LogP contribution is -2.51. The van der Waals surface area contributed by atoms with Gasteiger partial charge in [0, 0.05) is 32.5 Å². The topological polar surface area (TPSA) is 125 Å². The molecule has 0 unspecified atom stereocenters. The predicted molar refractivity (Wildman–Crippen MR) is 158 cm³/mol. The number of aliphatic imine (C=N–C) groups is 1. The van der Waals surface area contributed by atoms with Crippen LogP contribution >= 0.6 is 11.6 Å². The molecule has 1 aromatic carbocycles. The molecule has 3 aliphatic rings. The number of nitrogens with one attached hydrogen (secondary N) is 1. The van der Waals surface area contributed by atoms with E-state index >= 15 is 0 Å². The molecule has 1 aromatic rings. The number of nitrogens with two attached hydrogens (primary N) is 1. The SMILES string of the molecule is C.Cc1cc(N(C)C(N)=O)c(Cl)c(C)c1CCS(=O)(=O)N1CCC2(CC1)N=C(C1CCC(CC(F)(F)F)CC1)NC2=O. The molecular weight excluding hydrogens is 595 g/mol. The maximum absolute atomic E-state index is 13.3. The lowest BCUT2D eigenvalue weighted by molar-refractivity contribution is -0.146. The summed E-state index contributed by atoms with van der Waals surface area (Å²) in [6, 6.07) is 1.05. The second kappa shape index (κ2) is 12.7. The Morgan fingerprint density at radius 1 is 1.21 bits per heavy atom. The van der Waals surface area contributed by atoms with Crippen molar-refractivity contribution in [1.82, 2.24) is 9.62 Å². The zero-order valence-electron chi connectivity index (χ0n) is 23.5. The summed E-state index contributed by atoms with van der Waals surface area (Å²) < 4.78 is 66.2. The summed E-state index contributed by atoms with van der Waals surface area (Å²) in [6.45, 7) is 3.89. The maximum atomic E-state index is 13.3. The van der Waals surface area contributed by atoms with Crippen molar-refractivity contribution in [3.63, 3.8) is 0 Å². The number of nitrogens with zero attached hydrogens (tertiary/aromatic N) is 3. The molecule has 0 atom stereocenters. The number of sulfonamides is 1. The number of amidine groups is 1. The van der Waals surface area contributed by atoms with E-state index in [2.05, 4.69) is 5.32 Å². The molecule has 0 radical (unpaired) electrons. The van der Waals surface area contributed by atoms with Gasteiger partial charge in [0.1, 0.15) is 11.4 Å². The highest BCUT2D eigenvalue weighted by molar-refractivity contribution is 7.89. The van der Waals surface area contributed by atoms with Gasteiger partial charge in [-0.15, -0.1) is 0 Å². The summed E-state index contributed by atoms with van der Waals surface area (Å²) in [7, 11) is -2.14. The number of piperidine rings is 1. The number of hydrogen-bond donors (Lipinski definition) is 2. The van der Waals surface area contributed by atoms with Gasteiger partial charge in [-0.25, -0.2) is 17.5 Å². The Bertz CT molecular complexity index is 1340. The van der Waals surface area contributed by atoms with Gasteiger partial charge in [0.25, 0.3) is 5.91 Å². The fraction of sp³-hybridized carbons (Fsp3) is 0.679. The molecule has 1 saturated heterocycles. The summed E-state index contributed by atoms with van der Waals surface area (Å²) in [4.78, 5) is 30.5. The summed E-state index contributed by atoms with van der Waals surface area (Å²) in [5, 5.41) is 3.19. The molecule has 4 rings (SSSR count). The third-order valence-electron chi connectivity index (χ3n) is 8.83. The standard InChI is InChI=1S/C27H37ClF3N5O4S.CH4/c1-16-14-21(35(3)25(32)38)22(28)17(2)20(16)8-13-41(39,40)36-11-9-26(10-12-36)24(37)33-23(34-26)19-6-4-18(5-7-19)15-27(29,30)31;/h14,18-19H,4-13,15H2,1-3H3,(H2,32,38)(H,33,34,37);1H4. The van der Waals surface area contributed by atoms with Crippen LogP contribution in [0.15, 0.2) is 11.1 Å². The fourth-order valence-electron chi connectivity index (χ4n) is 6.26. The molecule has 3 N–H and O–H groups in total. The van der Waals surface area contributed by atoms with E-state index in [4.69, 9.17) is 22.3 Å². The van der Waals surface area contributed by atoms with Gasteiger partial charge in [-0.05, 0) is 87.5 Å². The van der Waals surface area contributed by atoms with Gasteiger partial charge in [-0.3, -0.25) is 14.7 Å². The smallest absolute Gasteiger partial charge is 0.351 e. The Morgan fingerprint density at radius 2 is 1.81 bits per heavy atom. The average molecular weight is 636 g/mol. The number of primary amides is 1. The second-order valence-corrected chi connectivity index (χ2v) is 14.0. The van der Waals surface area contributed by atoms with Gasteiger partial charge >= 0.3 is 12.2 Å². The van der Waals surface area contributed by atoms with E-state index in [-0.39, 0.29) is 57.4 Å². The minimum absolute atomic E-state index is 0.